The number of hydrogen-bond acceptors (Lipinski definition) is 0. The van der Waals surface area contributed by atoms with Gasteiger partial charge in [0.2, 0.25) is 0 Å². The van der Waals surface area contributed by atoms with Crippen LogP contribution in [0.3, 0.4) is 0 Å². The zero-order chi connectivity index (χ0) is 12.3. The van der Waals surface area contributed by atoms with E-state index in [0.29, 0.717) is 5.41 Å². The summed E-state index contributed by atoms with van der Waals surface area (Å²) in [5.74, 6) is 0. The minimum Gasteiger partial charge on any atom is -0.103 e. The smallest absolute Gasteiger partial charge is 0.0104 e. The van der Waals surface area contributed by atoms with Crippen LogP contribution in [0.25, 0.3) is 0 Å². The van der Waals surface area contributed by atoms with Crippen molar-refractivity contribution in [3.05, 3.63) is 12.7 Å². The lowest BCUT2D eigenvalue weighted by Crippen LogP contribution is -2.26. The molecule has 0 unspecified atom stereocenters. The highest BCUT2D eigenvalue weighted by Crippen LogP contribution is 2.32. The highest BCUT2D eigenvalue weighted by molar-refractivity contribution is 9.10. The Morgan fingerprint density at radius 1 is 0.812 bits per heavy atom. The summed E-state index contributed by atoms with van der Waals surface area (Å²) in [7, 11) is 0. The molecule has 0 radical (unpaired) electrons. The average Bonchev–Trinajstić information content (AvgIpc) is 2.34. The Bertz CT molecular complexity index is 156. The van der Waals surface area contributed by atoms with Crippen molar-refractivity contribution < 1.29 is 0 Å². The largest absolute Gasteiger partial charge is 0.103 e. The molecule has 0 heterocycles. The molecule has 0 nitrogen and oxygen atoms in total. The van der Waals surface area contributed by atoms with E-state index in [-0.39, 0.29) is 0 Å². The van der Waals surface area contributed by atoms with Gasteiger partial charge in [0.1, 0.15) is 0 Å². The van der Waals surface area contributed by atoms with Crippen LogP contribution in [0, 0.1) is 5.41 Å². The topological polar surface area (TPSA) is 0 Å². The van der Waals surface area contributed by atoms with Gasteiger partial charge in [-0.2, -0.15) is 0 Å². The van der Waals surface area contributed by atoms with Gasteiger partial charge < -0.3 is 0 Å². The Morgan fingerprint density at radius 2 is 1.31 bits per heavy atom. The molecule has 0 amide bonds. The first-order valence-corrected chi connectivity index (χ1v) is 9.40. The molecule has 0 aromatic heterocycles. The average molecular weight is 419 g/mol. The first-order valence-electron chi connectivity index (χ1n) is 6.03. The second-order valence-corrected chi connectivity index (χ2v) is 6.18. The van der Waals surface area contributed by atoms with E-state index in [1.54, 1.807) is 0 Å². The monoisotopic (exact) mass is 416 g/mol. The standard InChI is InChI=1S/C13H23Br3/c1-2-3-4-5-6-7-8-9-13(10-14,11-15)12-16/h2H,1,3-12H2. The third kappa shape index (κ3) is 7.50. The van der Waals surface area contributed by atoms with Crippen molar-refractivity contribution in [3.63, 3.8) is 0 Å². The summed E-state index contributed by atoms with van der Waals surface area (Å²) < 4.78 is 0. The van der Waals surface area contributed by atoms with Gasteiger partial charge in [-0.25, -0.2) is 0 Å². The van der Waals surface area contributed by atoms with Gasteiger partial charge in [-0.1, -0.05) is 79.5 Å². The number of halogens is 3. The maximum Gasteiger partial charge on any atom is 0.0104 e. The Balaban J connectivity index is 3.51. The van der Waals surface area contributed by atoms with Crippen LogP contribution >= 0.6 is 47.8 Å². The van der Waals surface area contributed by atoms with Gasteiger partial charge in [-0.3, -0.25) is 0 Å². The fourth-order valence-corrected chi connectivity index (χ4v) is 5.25. The van der Waals surface area contributed by atoms with Gasteiger partial charge in [-0.15, -0.1) is 6.58 Å². The van der Waals surface area contributed by atoms with Crippen LogP contribution in [-0.2, 0) is 0 Å². The Kier molecular flexibility index (Phi) is 12.1. The van der Waals surface area contributed by atoms with E-state index in [2.05, 4.69) is 54.4 Å². The van der Waals surface area contributed by atoms with E-state index < -0.39 is 0 Å². The Hall–Kier alpha value is 1.18. The SMILES string of the molecule is C=CCCCCCCCC(CBr)(CBr)CBr. The fraction of sp³-hybridized carbons (Fsp3) is 0.846. The van der Waals surface area contributed by atoms with E-state index in [1.807, 2.05) is 6.08 Å². The van der Waals surface area contributed by atoms with Crippen molar-refractivity contribution in [2.75, 3.05) is 16.0 Å². The van der Waals surface area contributed by atoms with Crippen molar-refractivity contribution in [2.24, 2.45) is 5.41 Å². The first kappa shape index (κ1) is 17.2. The molecule has 0 N–H and O–H groups in total. The molecule has 0 aliphatic heterocycles. The van der Waals surface area contributed by atoms with E-state index in [0.717, 1.165) is 16.0 Å². The van der Waals surface area contributed by atoms with Crippen molar-refractivity contribution in [1.82, 2.24) is 0 Å². The second-order valence-electron chi connectivity index (χ2n) is 4.50. The van der Waals surface area contributed by atoms with Gasteiger partial charge in [0.05, 0.1) is 0 Å². The minimum atomic E-state index is 0.404. The maximum absolute atomic E-state index is 3.74. The summed E-state index contributed by atoms with van der Waals surface area (Å²) in [6, 6.07) is 0. The quantitative estimate of drug-likeness (QED) is 0.217. The fourth-order valence-electron chi connectivity index (χ4n) is 1.63. The van der Waals surface area contributed by atoms with Crippen LogP contribution in [-0.4, -0.2) is 16.0 Å². The summed E-state index contributed by atoms with van der Waals surface area (Å²) in [5.41, 5.74) is 0.404. The van der Waals surface area contributed by atoms with Crippen molar-refractivity contribution in [1.29, 1.82) is 0 Å². The van der Waals surface area contributed by atoms with Gasteiger partial charge in [0, 0.05) is 16.0 Å². The molecule has 96 valence electrons. The molecule has 0 bridgehead atoms. The van der Waals surface area contributed by atoms with Crippen molar-refractivity contribution >= 4 is 47.8 Å². The molecular weight excluding hydrogens is 396 g/mol. The highest BCUT2D eigenvalue weighted by atomic mass is 79.9. The van der Waals surface area contributed by atoms with Gasteiger partial charge >= 0.3 is 0 Å². The second kappa shape index (κ2) is 11.3. The lowest BCUT2D eigenvalue weighted by Gasteiger charge is -2.27. The summed E-state index contributed by atoms with van der Waals surface area (Å²) in [6.45, 7) is 3.74. The van der Waals surface area contributed by atoms with E-state index in [1.165, 1.54) is 44.9 Å². The zero-order valence-electron chi connectivity index (χ0n) is 9.99. The van der Waals surface area contributed by atoms with E-state index >= 15 is 0 Å². The van der Waals surface area contributed by atoms with Crippen LogP contribution in [0.5, 0.6) is 0 Å². The molecule has 0 saturated heterocycles. The Morgan fingerprint density at radius 3 is 1.81 bits per heavy atom. The molecule has 3 heteroatoms. The van der Waals surface area contributed by atoms with Crippen LogP contribution in [0.1, 0.15) is 44.9 Å². The van der Waals surface area contributed by atoms with E-state index in [9.17, 15) is 0 Å². The molecule has 0 atom stereocenters. The molecule has 16 heavy (non-hydrogen) atoms. The predicted molar refractivity (Wildman–Crippen MR) is 86.3 cm³/mol. The van der Waals surface area contributed by atoms with Crippen LogP contribution in [0.15, 0.2) is 12.7 Å². The molecule has 0 fully saturated rings. The van der Waals surface area contributed by atoms with Crippen LogP contribution < -0.4 is 0 Å². The molecule has 0 rings (SSSR count). The molecule has 0 aliphatic rings. The van der Waals surface area contributed by atoms with Gasteiger partial charge in [-0.05, 0) is 24.7 Å². The number of alkyl halides is 3. The lowest BCUT2D eigenvalue weighted by molar-refractivity contribution is 0.389. The molecule has 0 aromatic carbocycles. The van der Waals surface area contributed by atoms with Crippen LogP contribution in [0.2, 0.25) is 0 Å². The minimum absolute atomic E-state index is 0.404. The van der Waals surface area contributed by atoms with Gasteiger partial charge in [0.25, 0.3) is 0 Å². The van der Waals surface area contributed by atoms with Gasteiger partial charge in [0.15, 0.2) is 0 Å². The molecule has 0 spiro atoms. The summed E-state index contributed by atoms with van der Waals surface area (Å²) in [6.07, 6.45) is 11.2. The molecule has 0 aromatic rings. The number of hydrogen-bond donors (Lipinski definition) is 0. The maximum atomic E-state index is 3.74. The molecular formula is C13H23Br3. The predicted octanol–water partition coefficient (Wildman–Crippen LogP) is 6.07. The van der Waals surface area contributed by atoms with Crippen molar-refractivity contribution in [2.45, 2.75) is 44.9 Å². The van der Waals surface area contributed by atoms with Crippen LogP contribution in [0.4, 0.5) is 0 Å². The molecule has 0 saturated carbocycles. The third-order valence-corrected chi connectivity index (χ3v) is 6.53. The van der Waals surface area contributed by atoms with E-state index in [4.69, 9.17) is 0 Å². The lowest BCUT2D eigenvalue weighted by atomic mass is 9.89. The first-order chi connectivity index (χ1) is 7.74. The van der Waals surface area contributed by atoms with Crippen molar-refractivity contribution in [3.8, 4) is 0 Å². The zero-order valence-corrected chi connectivity index (χ0v) is 14.7. The summed E-state index contributed by atoms with van der Waals surface area (Å²) >= 11 is 10.9. The normalized spacial score (nSPS) is 11.7. The summed E-state index contributed by atoms with van der Waals surface area (Å²) in [4.78, 5) is 0. The highest BCUT2D eigenvalue weighted by Gasteiger charge is 2.25. The Labute approximate surface area is 126 Å². The summed E-state index contributed by atoms with van der Waals surface area (Å²) in [5, 5.41) is 3.23. The number of unbranched alkanes of at least 4 members (excludes halogenated alkanes) is 5. The number of rotatable bonds is 11. The number of allylic oxidation sites excluding steroid dienone is 1. The molecule has 0 aliphatic carbocycles. The third-order valence-electron chi connectivity index (χ3n) is 2.97.